The van der Waals surface area contributed by atoms with Gasteiger partial charge in [-0.1, -0.05) is 0 Å². The van der Waals surface area contributed by atoms with E-state index in [0.717, 1.165) is 18.2 Å². The van der Waals surface area contributed by atoms with Crippen molar-refractivity contribution in [2.75, 3.05) is 11.4 Å². The van der Waals surface area contributed by atoms with E-state index in [9.17, 15) is 18.0 Å². The van der Waals surface area contributed by atoms with Gasteiger partial charge in [0.2, 0.25) is 0 Å². The summed E-state index contributed by atoms with van der Waals surface area (Å²) >= 11 is 0. The minimum Gasteiger partial charge on any atom is -0.480 e. The number of hydrogen-bond acceptors (Lipinski definition) is 3. The summed E-state index contributed by atoms with van der Waals surface area (Å²) in [5.74, 6) is -1.12. The standard InChI is InChI=1S/C13H13F3N2O2/c1-8(2)18(7-12(19)20)11-4-3-10(13(14,15)16)5-9(11)6-17/h3-5,8H,7H2,1-2H3,(H,19,20). The lowest BCUT2D eigenvalue weighted by atomic mass is 10.1. The lowest BCUT2D eigenvalue weighted by Gasteiger charge is -2.28. The predicted molar refractivity (Wildman–Crippen MR) is 66.3 cm³/mol. The van der Waals surface area contributed by atoms with Crippen LogP contribution in [0.1, 0.15) is 25.0 Å². The van der Waals surface area contributed by atoms with Crippen LogP contribution in [-0.4, -0.2) is 23.7 Å². The van der Waals surface area contributed by atoms with Crippen molar-refractivity contribution in [2.45, 2.75) is 26.1 Å². The van der Waals surface area contributed by atoms with Gasteiger partial charge in [0.05, 0.1) is 16.8 Å². The number of aliphatic carboxylic acids is 1. The van der Waals surface area contributed by atoms with Crippen LogP contribution >= 0.6 is 0 Å². The average Bonchev–Trinajstić information content (AvgIpc) is 2.33. The van der Waals surface area contributed by atoms with Crippen LogP contribution in [0.2, 0.25) is 0 Å². The summed E-state index contributed by atoms with van der Waals surface area (Å²) in [4.78, 5) is 12.2. The predicted octanol–water partition coefficient (Wildman–Crippen LogP) is 2.88. The van der Waals surface area contributed by atoms with Gasteiger partial charge >= 0.3 is 12.1 Å². The number of carbonyl (C=O) groups is 1. The minimum atomic E-state index is -4.54. The van der Waals surface area contributed by atoms with Crippen LogP contribution in [0.3, 0.4) is 0 Å². The molecule has 0 fully saturated rings. The van der Waals surface area contributed by atoms with Gasteiger partial charge in [0.1, 0.15) is 12.6 Å². The lowest BCUT2D eigenvalue weighted by Crippen LogP contribution is -2.36. The zero-order valence-corrected chi connectivity index (χ0v) is 10.9. The third kappa shape index (κ3) is 3.63. The maximum Gasteiger partial charge on any atom is 0.416 e. The second kappa shape index (κ2) is 5.82. The number of carboxylic acid groups (broad SMARTS) is 1. The van der Waals surface area contributed by atoms with E-state index in [2.05, 4.69) is 0 Å². The van der Waals surface area contributed by atoms with Crippen molar-refractivity contribution >= 4 is 11.7 Å². The largest absolute Gasteiger partial charge is 0.480 e. The van der Waals surface area contributed by atoms with Gasteiger partial charge in [-0.3, -0.25) is 4.79 Å². The fraction of sp³-hybridized carbons (Fsp3) is 0.385. The molecular formula is C13H13F3N2O2. The molecule has 108 valence electrons. The first kappa shape index (κ1) is 15.8. The SMILES string of the molecule is CC(C)N(CC(=O)O)c1ccc(C(F)(F)F)cc1C#N. The Bertz CT molecular complexity index is 548. The number of carboxylic acids is 1. The van der Waals surface area contributed by atoms with Crippen LogP contribution in [0, 0.1) is 11.3 Å². The number of nitrogens with zero attached hydrogens (tertiary/aromatic N) is 2. The van der Waals surface area contributed by atoms with Gasteiger partial charge < -0.3 is 10.0 Å². The first-order valence-corrected chi connectivity index (χ1v) is 5.76. The average molecular weight is 286 g/mol. The molecule has 0 saturated carbocycles. The molecule has 0 amide bonds. The highest BCUT2D eigenvalue weighted by Crippen LogP contribution is 2.33. The molecule has 0 aliphatic heterocycles. The Kier molecular flexibility index (Phi) is 4.61. The van der Waals surface area contributed by atoms with Crippen LogP contribution in [0.15, 0.2) is 18.2 Å². The molecule has 0 saturated heterocycles. The summed E-state index contributed by atoms with van der Waals surface area (Å²) in [5.41, 5.74) is -0.954. The number of nitriles is 1. The molecule has 20 heavy (non-hydrogen) atoms. The van der Waals surface area contributed by atoms with Gasteiger partial charge in [0, 0.05) is 6.04 Å². The number of rotatable bonds is 4. The number of anilines is 1. The van der Waals surface area contributed by atoms with E-state index in [4.69, 9.17) is 10.4 Å². The van der Waals surface area contributed by atoms with Gasteiger partial charge in [-0.2, -0.15) is 18.4 Å². The van der Waals surface area contributed by atoms with Crippen molar-refractivity contribution in [1.29, 1.82) is 5.26 Å². The normalized spacial score (nSPS) is 11.2. The number of benzene rings is 1. The molecule has 0 aliphatic rings. The molecule has 1 N–H and O–H groups in total. The Balaban J connectivity index is 3.30. The topological polar surface area (TPSA) is 64.3 Å². The van der Waals surface area contributed by atoms with Gasteiger partial charge in [0.25, 0.3) is 0 Å². The van der Waals surface area contributed by atoms with E-state index in [1.54, 1.807) is 19.9 Å². The summed E-state index contributed by atoms with van der Waals surface area (Å²) in [6.07, 6.45) is -4.54. The highest BCUT2D eigenvalue weighted by Gasteiger charge is 2.31. The highest BCUT2D eigenvalue weighted by molar-refractivity contribution is 5.75. The lowest BCUT2D eigenvalue weighted by molar-refractivity contribution is -0.138. The number of hydrogen-bond donors (Lipinski definition) is 1. The summed E-state index contributed by atoms with van der Waals surface area (Å²) in [6, 6.07) is 4.11. The van der Waals surface area contributed by atoms with E-state index in [0.29, 0.717) is 0 Å². The zero-order valence-electron chi connectivity index (χ0n) is 10.9. The van der Waals surface area contributed by atoms with Gasteiger partial charge in [0.15, 0.2) is 0 Å². The molecule has 0 atom stereocenters. The first-order valence-electron chi connectivity index (χ1n) is 5.76. The number of alkyl halides is 3. The molecule has 1 rings (SSSR count). The molecule has 0 radical (unpaired) electrons. The molecule has 0 bridgehead atoms. The second-order valence-corrected chi connectivity index (χ2v) is 4.46. The van der Waals surface area contributed by atoms with Crippen LogP contribution in [0.25, 0.3) is 0 Å². The Morgan fingerprint density at radius 3 is 2.45 bits per heavy atom. The van der Waals surface area contributed by atoms with Gasteiger partial charge in [-0.15, -0.1) is 0 Å². The van der Waals surface area contributed by atoms with Gasteiger partial charge in [-0.25, -0.2) is 0 Å². The highest BCUT2D eigenvalue weighted by atomic mass is 19.4. The molecule has 1 aromatic carbocycles. The van der Waals surface area contributed by atoms with E-state index < -0.39 is 24.3 Å². The number of halogens is 3. The third-order valence-electron chi connectivity index (χ3n) is 2.68. The summed E-state index contributed by atoms with van der Waals surface area (Å²) < 4.78 is 37.8. The second-order valence-electron chi connectivity index (χ2n) is 4.46. The Morgan fingerprint density at radius 2 is 2.05 bits per heavy atom. The maximum absolute atomic E-state index is 12.6. The maximum atomic E-state index is 12.6. The Hall–Kier alpha value is -2.23. The van der Waals surface area contributed by atoms with E-state index in [1.165, 1.54) is 4.90 Å². The van der Waals surface area contributed by atoms with Gasteiger partial charge in [-0.05, 0) is 32.0 Å². The molecule has 0 spiro atoms. The third-order valence-corrected chi connectivity index (χ3v) is 2.68. The summed E-state index contributed by atoms with van der Waals surface area (Å²) in [7, 11) is 0. The minimum absolute atomic E-state index is 0.179. The van der Waals surface area contributed by atoms with E-state index in [1.807, 2.05) is 0 Å². The monoisotopic (exact) mass is 286 g/mol. The van der Waals surface area contributed by atoms with Crippen molar-refractivity contribution in [2.24, 2.45) is 0 Å². The van der Waals surface area contributed by atoms with E-state index in [-0.39, 0.29) is 17.3 Å². The van der Waals surface area contributed by atoms with Crippen molar-refractivity contribution in [3.05, 3.63) is 29.3 Å². The molecule has 7 heteroatoms. The van der Waals surface area contributed by atoms with Crippen LogP contribution in [0.5, 0.6) is 0 Å². The fourth-order valence-corrected chi connectivity index (χ4v) is 1.74. The molecule has 0 aromatic heterocycles. The van der Waals surface area contributed by atoms with Crippen LogP contribution < -0.4 is 4.90 Å². The van der Waals surface area contributed by atoms with Crippen molar-refractivity contribution in [1.82, 2.24) is 0 Å². The van der Waals surface area contributed by atoms with Crippen LogP contribution in [-0.2, 0) is 11.0 Å². The smallest absolute Gasteiger partial charge is 0.416 e. The summed E-state index contributed by atoms with van der Waals surface area (Å²) in [6.45, 7) is 3.00. The summed E-state index contributed by atoms with van der Waals surface area (Å²) in [5, 5.41) is 17.8. The molecule has 0 unspecified atom stereocenters. The van der Waals surface area contributed by atoms with Crippen molar-refractivity contribution in [3.8, 4) is 6.07 Å². The molecule has 1 aromatic rings. The van der Waals surface area contributed by atoms with Crippen LogP contribution in [0.4, 0.5) is 18.9 Å². The molecule has 4 nitrogen and oxygen atoms in total. The molecule has 0 heterocycles. The van der Waals surface area contributed by atoms with Crippen molar-refractivity contribution in [3.63, 3.8) is 0 Å². The Labute approximate surface area is 114 Å². The van der Waals surface area contributed by atoms with E-state index >= 15 is 0 Å². The zero-order chi connectivity index (χ0) is 15.5. The molecular weight excluding hydrogens is 273 g/mol. The Morgan fingerprint density at radius 1 is 1.45 bits per heavy atom. The first-order chi connectivity index (χ1) is 9.16. The van der Waals surface area contributed by atoms with Crippen molar-refractivity contribution < 1.29 is 23.1 Å². The quantitative estimate of drug-likeness (QED) is 0.924. The fourth-order valence-electron chi connectivity index (χ4n) is 1.74. The molecule has 0 aliphatic carbocycles.